The second-order valence-electron chi connectivity index (χ2n) is 12.0. The van der Waals surface area contributed by atoms with E-state index in [0.717, 1.165) is 17.0 Å². The van der Waals surface area contributed by atoms with Crippen LogP contribution in [0.5, 0.6) is 0 Å². The van der Waals surface area contributed by atoms with Gasteiger partial charge in [-0.2, -0.15) is 0 Å². The van der Waals surface area contributed by atoms with Gasteiger partial charge in [-0.15, -0.1) is 0 Å². The van der Waals surface area contributed by atoms with E-state index >= 15 is 0 Å². The second kappa shape index (κ2) is 9.64. The van der Waals surface area contributed by atoms with Crippen LogP contribution in [0.25, 0.3) is 60.8 Å². The number of benzene rings is 6. The zero-order valence-corrected chi connectivity index (χ0v) is 25.0. The maximum atomic E-state index is 6.35. The van der Waals surface area contributed by atoms with Crippen molar-refractivity contribution in [3.63, 3.8) is 0 Å². The van der Waals surface area contributed by atoms with Crippen LogP contribution in [0.3, 0.4) is 0 Å². The monoisotopic (exact) mass is 574 g/mol. The van der Waals surface area contributed by atoms with Crippen LogP contribution in [0.1, 0.15) is 34.9 Å². The molecule has 6 aromatic carbocycles. The van der Waals surface area contributed by atoms with Gasteiger partial charge in [0.15, 0.2) is 0 Å². The number of aromatic nitrogens is 1. The molecule has 0 amide bonds. The fourth-order valence-electron chi connectivity index (χ4n) is 7.96. The van der Waals surface area contributed by atoms with Gasteiger partial charge in [0.2, 0.25) is 0 Å². The fraction of sp³-hybridized carbons (Fsp3) is 0.0465. The fourth-order valence-corrected chi connectivity index (χ4v) is 7.96. The molecule has 0 fully saturated rings. The molecular formula is C43H30N2. The Morgan fingerprint density at radius 3 is 1.98 bits per heavy atom. The highest BCUT2D eigenvalue weighted by Crippen LogP contribution is 2.65. The van der Waals surface area contributed by atoms with Crippen molar-refractivity contribution in [2.75, 3.05) is 0 Å². The van der Waals surface area contributed by atoms with Crippen LogP contribution >= 0.6 is 0 Å². The highest BCUT2D eigenvalue weighted by molar-refractivity contribution is 6.09. The summed E-state index contributed by atoms with van der Waals surface area (Å²) >= 11 is 0. The minimum atomic E-state index is -0.427. The molecule has 0 atom stereocenters. The van der Waals surface area contributed by atoms with E-state index in [9.17, 15) is 0 Å². The number of pyridine rings is 1. The van der Waals surface area contributed by atoms with Crippen molar-refractivity contribution in [2.45, 2.75) is 12.3 Å². The molecule has 1 heterocycles. The molecule has 1 spiro atoms. The molecule has 0 aliphatic heterocycles. The minimum absolute atomic E-state index is 0.427. The molecule has 9 rings (SSSR count). The van der Waals surface area contributed by atoms with Crippen molar-refractivity contribution in [1.29, 1.82) is 0 Å². The van der Waals surface area contributed by atoms with Crippen molar-refractivity contribution < 1.29 is 0 Å². The molecule has 2 aliphatic rings. The number of allylic oxidation sites excluding steroid dienone is 3. The van der Waals surface area contributed by atoms with Crippen LogP contribution in [-0.2, 0) is 5.41 Å². The molecule has 0 saturated heterocycles. The third-order valence-corrected chi connectivity index (χ3v) is 9.75. The Balaban J connectivity index is 1.35. The lowest BCUT2D eigenvalue weighted by Crippen LogP contribution is -2.26. The van der Waals surface area contributed by atoms with Gasteiger partial charge in [-0.05, 0) is 97.3 Å². The highest BCUT2D eigenvalue weighted by atomic mass is 14.8. The largest absolute Gasteiger partial charge is 0.397 e. The second-order valence-corrected chi connectivity index (χ2v) is 12.0. The Morgan fingerprint density at radius 2 is 1.24 bits per heavy atom. The van der Waals surface area contributed by atoms with Crippen molar-refractivity contribution in [3.05, 3.63) is 180 Å². The molecule has 2 N–H and O–H groups in total. The summed E-state index contributed by atoms with van der Waals surface area (Å²) in [7, 11) is 0. The maximum Gasteiger partial charge on any atom is 0.0866 e. The molecule has 0 radical (unpaired) electrons. The van der Waals surface area contributed by atoms with E-state index in [1.165, 1.54) is 66.1 Å². The SMILES string of the molecule is C/C=C\C=C(/N)c1cccc(-c2ccc3c4c(ccc3c2)-c2ccc3ccccc3c2C42c3ccccc3-c3ccccc32)n1. The topological polar surface area (TPSA) is 38.9 Å². The summed E-state index contributed by atoms with van der Waals surface area (Å²) in [6.45, 7) is 1.98. The molecule has 0 saturated carbocycles. The Hall–Kier alpha value is -5.73. The van der Waals surface area contributed by atoms with Crippen LogP contribution in [0.15, 0.2) is 152 Å². The summed E-state index contributed by atoms with van der Waals surface area (Å²) in [5, 5.41) is 5.05. The Morgan fingerprint density at radius 1 is 0.600 bits per heavy atom. The van der Waals surface area contributed by atoms with E-state index in [-0.39, 0.29) is 0 Å². The number of fused-ring (bicyclic) bond motifs is 14. The van der Waals surface area contributed by atoms with Gasteiger partial charge in [0.25, 0.3) is 0 Å². The molecule has 45 heavy (non-hydrogen) atoms. The first-order chi connectivity index (χ1) is 22.2. The van der Waals surface area contributed by atoms with Crippen molar-refractivity contribution in [3.8, 4) is 33.5 Å². The summed E-state index contributed by atoms with van der Waals surface area (Å²) in [5.41, 5.74) is 20.1. The number of nitrogens with two attached hydrogens (primary N) is 1. The van der Waals surface area contributed by atoms with E-state index in [1.54, 1.807) is 0 Å². The van der Waals surface area contributed by atoms with Crippen LogP contribution in [-0.4, -0.2) is 4.98 Å². The average molecular weight is 575 g/mol. The summed E-state index contributed by atoms with van der Waals surface area (Å²) in [5.74, 6) is 0. The van der Waals surface area contributed by atoms with Crippen LogP contribution in [0, 0.1) is 0 Å². The quantitative estimate of drug-likeness (QED) is 0.213. The van der Waals surface area contributed by atoms with E-state index in [0.29, 0.717) is 5.70 Å². The van der Waals surface area contributed by atoms with E-state index in [2.05, 4.69) is 121 Å². The minimum Gasteiger partial charge on any atom is -0.397 e. The first kappa shape index (κ1) is 25.7. The van der Waals surface area contributed by atoms with Crippen LogP contribution in [0.4, 0.5) is 0 Å². The number of hydrogen-bond donors (Lipinski definition) is 1. The first-order valence-electron chi connectivity index (χ1n) is 15.6. The molecule has 2 aliphatic carbocycles. The predicted octanol–water partition coefficient (Wildman–Crippen LogP) is 10.3. The molecule has 0 bridgehead atoms. The van der Waals surface area contributed by atoms with Gasteiger partial charge in [0.1, 0.15) is 0 Å². The average Bonchev–Trinajstić information content (AvgIpc) is 3.58. The lowest BCUT2D eigenvalue weighted by molar-refractivity contribution is 0.809. The van der Waals surface area contributed by atoms with Crippen molar-refractivity contribution in [2.24, 2.45) is 5.73 Å². The van der Waals surface area contributed by atoms with Gasteiger partial charge in [-0.3, -0.25) is 0 Å². The molecule has 0 unspecified atom stereocenters. The van der Waals surface area contributed by atoms with Gasteiger partial charge in [0.05, 0.1) is 22.5 Å². The summed E-state index contributed by atoms with van der Waals surface area (Å²) in [6, 6.07) is 49.1. The lowest BCUT2D eigenvalue weighted by Gasteiger charge is -2.32. The zero-order valence-electron chi connectivity index (χ0n) is 25.0. The predicted molar refractivity (Wildman–Crippen MR) is 188 cm³/mol. The van der Waals surface area contributed by atoms with Crippen LogP contribution < -0.4 is 5.73 Å². The van der Waals surface area contributed by atoms with Gasteiger partial charge >= 0.3 is 0 Å². The standard InChI is InChI=1S/C43H30N2/c1-2-3-17-38(44)40-19-10-18-39(45-40)29-22-23-31-28(26-29)21-25-35-34-24-20-27-11-4-5-12-30(27)41(34)43(42(31)35)36-15-8-6-13-32(36)33-14-7-9-16-37(33)43/h2-26H,44H2,1H3/b3-2-,38-17-. The van der Waals surface area contributed by atoms with E-state index < -0.39 is 5.41 Å². The van der Waals surface area contributed by atoms with Gasteiger partial charge in [0, 0.05) is 5.56 Å². The number of nitrogens with zero attached hydrogens (tertiary/aromatic N) is 1. The maximum absolute atomic E-state index is 6.35. The molecule has 2 heteroatoms. The molecule has 7 aromatic rings. The van der Waals surface area contributed by atoms with Crippen LogP contribution in [0.2, 0.25) is 0 Å². The van der Waals surface area contributed by atoms with Crippen molar-refractivity contribution >= 4 is 27.2 Å². The van der Waals surface area contributed by atoms with E-state index in [4.69, 9.17) is 10.7 Å². The normalized spacial score (nSPS) is 14.2. The third kappa shape index (κ3) is 3.48. The number of hydrogen-bond acceptors (Lipinski definition) is 2. The van der Waals surface area contributed by atoms with Gasteiger partial charge in [-0.25, -0.2) is 4.98 Å². The third-order valence-electron chi connectivity index (χ3n) is 9.75. The number of rotatable bonds is 3. The summed E-state index contributed by atoms with van der Waals surface area (Å²) in [6.07, 6.45) is 5.80. The lowest BCUT2D eigenvalue weighted by atomic mass is 9.68. The highest BCUT2D eigenvalue weighted by Gasteiger charge is 2.53. The van der Waals surface area contributed by atoms with Gasteiger partial charge < -0.3 is 5.73 Å². The molecule has 2 nitrogen and oxygen atoms in total. The molecule has 1 aromatic heterocycles. The Bertz CT molecular complexity index is 2360. The molecule has 212 valence electrons. The van der Waals surface area contributed by atoms with Crippen molar-refractivity contribution in [1.82, 2.24) is 4.98 Å². The first-order valence-corrected chi connectivity index (χ1v) is 15.6. The van der Waals surface area contributed by atoms with E-state index in [1.807, 2.05) is 37.3 Å². The Kier molecular flexibility index (Phi) is 5.51. The van der Waals surface area contributed by atoms with Gasteiger partial charge in [-0.1, -0.05) is 127 Å². The summed E-state index contributed by atoms with van der Waals surface area (Å²) < 4.78 is 0. The Labute approximate surface area is 262 Å². The smallest absolute Gasteiger partial charge is 0.0866 e. The zero-order chi connectivity index (χ0) is 30.1. The summed E-state index contributed by atoms with van der Waals surface area (Å²) in [4.78, 5) is 4.94. The molecular weight excluding hydrogens is 544 g/mol.